The summed E-state index contributed by atoms with van der Waals surface area (Å²) >= 11 is 3.24. The van der Waals surface area contributed by atoms with Crippen LogP contribution in [0.4, 0.5) is 0 Å². The van der Waals surface area contributed by atoms with Crippen LogP contribution in [0.3, 0.4) is 0 Å². The molecule has 0 amide bonds. The lowest BCUT2D eigenvalue weighted by molar-refractivity contribution is 0.0523. The summed E-state index contributed by atoms with van der Waals surface area (Å²) in [5, 5.41) is 0. The maximum Gasteiger partial charge on any atom is 0.338 e. The van der Waals surface area contributed by atoms with E-state index >= 15 is 0 Å². The predicted molar refractivity (Wildman–Crippen MR) is 60.1 cm³/mol. The lowest BCUT2D eigenvalue weighted by Gasteiger charge is -2.07. The Hall–Kier alpha value is -1.16. The van der Waals surface area contributed by atoms with Crippen molar-refractivity contribution in [2.45, 2.75) is 13.8 Å². The average Bonchev–Trinajstić information content (AvgIpc) is 2.17. The van der Waals surface area contributed by atoms with Gasteiger partial charge in [-0.2, -0.15) is 0 Å². The molecule has 4 heteroatoms. The third-order valence-corrected chi connectivity index (χ3v) is 2.52. The first kappa shape index (κ1) is 11.9. The van der Waals surface area contributed by atoms with Gasteiger partial charge in [-0.3, -0.25) is 4.79 Å². The highest BCUT2D eigenvalue weighted by Gasteiger charge is 2.17. The van der Waals surface area contributed by atoms with Crippen LogP contribution < -0.4 is 0 Å². The van der Waals surface area contributed by atoms with E-state index in [9.17, 15) is 9.59 Å². The molecule has 0 fully saturated rings. The molecule has 80 valence electrons. The van der Waals surface area contributed by atoms with E-state index in [4.69, 9.17) is 4.74 Å². The van der Waals surface area contributed by atoms with Crippen LogP contribution in [0.15, 0.2) is 22.7 Å². The van der Waals surface area contributed by atoms with E-state index in [0.717, 1.165) is 0 Å². The largest absolute Gasteiger partial charge is 0.462 e. The molecule has 0 aliphatic heterocycles. The number of ether oxygens (including phenoxy) is 1. The summed E-state index contributed by atoms with van der Waals surface area (Å²) in [6.07, 6.45) is 0. The molecule has 0 atom stereocenters. The maximum absolute atomic E-state index is 11.5. The highest BCUT2D eigenvalue weighted by molar-refractivity contribution is 9.10. The highest BCUT2D eigenvalue weighted by atomic mass is 79.9. The molecule has 0 aromatic heterocycles. The molecule has 0 saturated heterocycles. The Morgan fingerprint density at radius 3 is 2.60 bits per heavy atom. The molecular weight excluding hydrogens is 260 g/mol. The van der Waals surface area contributed by atoms with E-state index in [0.29, 0.717) is 22.2 Å². The first-order valence-electron chi connectivity index (χ1n) is 4.54. The van der Waals surface area contributed by atoms with Crippen molar-refractivity contribution in [2.75, 3.05) is 6.61 Å². The fraction of sp³-hybridized carbons (Fsp3) is 0.273. The molecule has 1 aromatic carbocycles. The van der Waals surface area contributed by atoms with Gasteiger partial charge in [-0.15, -0.1) is 0 Å². The van der Waals surface area contributed by atoms with Gasteiger partial charge in [0.2, 0.25) is 0 Å². The molecule has 0 spiro atoms. The SMILES string of the molecule is CCOC(=O)c1cccc(Br)c1C(C)=O. The molecule has 0 aliphatic rings. The van der Waals surface area contributed by atoms with E-state index < -0.39 is 5.97 Å². The normalized spacial score (nSPS) is 9.80. The van der Waals surface area contributed by atoms with Gasteiger partial charge in [0.05, 0.1) is 12.2 Å². The van der Waals surface area contributed by atoms with Crippen LogP contribution in [0.25, 0.3) is 0 Å². The lowest BCUT2D eigenvalue weighted by Crippen LogP contribution is -2.10. The number of hydrogen-bond donors (Lipinski definition) is 0. The van der Waals surface area contributed by atoms with Gasteiger partial charge in [-0.25, -0.2) is 4.79 Å². The third kappa shape index (κ3) is 2.65. The zero-order valence-electron chi connectivity index (χ0n) is 8.54. The number of rotatable bonds is 3. The Morgan fingerprint density at radius 1 is 1.40 bits per heavy atom. The summed E-state index contributed by atoms with van der Waals surface area (Å²) in [6.45, 7) is 3.44. The van der Waals surface area contributed by atoms with Crippen LogP contribution in [0.1, 0.15) is 34.6 Å². The average molecular weight is 271 g/mol. The van der Waals surface area contributed by atoms with Gasteiger partial charge < -0.3 is 4.74 Å². The second-order valence-corrected chi connectivity index (χ2v) is 3.79. The molecule has 0 heterocycles. The van der Waals surface area contributed by atoms with Crippen LogP contribution in [0.2, 0.25) is 0 Å². The first-order chi connectivity index (χ1) is 7.07. The van der Waals surface area contributed by atoms with Crippen molar-refractivity contribution in [3.05, 3.63) is 33.8 Å². The minimum Gasteiger partial charge on any atom is -0.462 e. The van der Waals surface area contributed by atoms with E-state index in [2.05, 4.69) is 15.9 Å². The summed E-state index contributed by atoms with van der Waals surface area (Å²) in [6, 6.07) is 5.00. The fourth-order valence-electron chi connectivity index (χ4n) is 1.26. The number of carbonyl (C=O) groups is 2. The van der Waals surface area contributed by atoms with Gasteiger partial charge in [-0.1, -0.05) is 22.0 Å². The molecule has 1 rings (SSSR count). The Balaban J connectivity index is 3.23. The number of esters is 1. The molecule has 0 aliphatic carbocycles. The van der Waals surface area contributed by atoms with Crippen LogP contribution >= 0.6 is 15.9 Å². The molecular formula is C11H11BrO3. The number of hydrogen-bond acceptors (Lipinski definition) is 3. The first-order valence-corrected chi connectivity index (χ1v) is 5.33. The summed E-state index contributed by atoms with van der Waals surface area (Å²) < 4.78 is 5.47. The molecule has 0 radical (unpaired) electrons. The minimum atomic E-state index is -0.469. The van der Waals surface area contributed by atoms with Crippen molar-refractivity contribution in [1.82, 2.24) is 0 Å². The van der Waals surface area contributed by atoms with Crippen LogP contribution in [-0.2, 0) is 4.74 Å². The van der Waals surface area contributed by atoms with Crippen LogP contribution in [-0.4, -0.2) is 18.4 Å². The van der Waals surface area contributed by atoms with Crippen molar-refractivity contribution in [1.29, 1.82) is 0 Å². The van der Waals surface area contributed by atoms with Crippen molar-refractivity contribution in [2.24, 2.45) is 0 Å². The molecule has 1 aromatic rings. The standard InChI is InChI=1S/C11H11BrO3/c1-3-15-11(14)8-5-4-6-9(12)10(8)7(2)13/h4-6H,3H2,1-2H3. The fourth-order valence-corrected chi connectivity index (χ4v) is 1.91. The summed E-state index contributed by atoms with van der Waals surface area (Å²) in [5.41, 5.74) is 0.676. The van der Waals surface area contributed by atoms with Crippen molar-refractivity contribution in [3.63, 3.8) is 0 Å². The summed E-state index contributed by atoms with van der Waals surface area (Å²) in [7, 11) is 0. The molecule has 15 heavy (non-hydrogen) atoms. The van der Waals surface area contributed by atoms with E-state index in [1.54, 1.807) is 25.1 Å². The molecule has 3 nitrogen and oxygen atoms in total. The zero-order valence-corrected chi connectivity index (χ0v) is 10.1. The molecule has 0 bridgehead atoms. The Labute approximate surface area is 96.6 Å². The monoisotopic (exact) mass is 270 g/mol. The van der Waals surface area contributed by atoms with Crippen molar-refractivity contribution < 1.29 is 14.3 Å². The summed E-state index contributed by atoms with van der Waals surface area (Å²) in [4.78, 5) is 22.9. The van der Waals surface area contributed by atoms with Crippen LogP contribution in [0, 0.1) is 0 Å². The van der Waals surface area contributed by atoms with Gasteiger partial charge in [0.1, 0.15) is 0 Å². The third-order valence-electron chi connectivity index (χ3n) is 1.86. The van der Waals surface area contributed by atoms with E-state index in [-0.39, 0.29) is 5.78 Å². The quantitative estimate of drug-likeness (QED) is 0.627. The van der Waals surface area contributed by atoms with Gasteiger partial charge in [0.15, 0.2) is 5.78 Å². The highest BCUT2D eigenvalue weighted by Crippen LogP contribution is 2.21. The van der Waals surface area contributed by atoms with Crippen molar-refractivity contribution in [3.8, 4) is 0 Å². The topological polar surface area (TPSA) is 43.4 Å². The van der Waals surface area contributed by atoms with Gasteiger partial charge in [0.25, 0.3) is 0 Å². The Bertz CT molecular complexity index is 399. The maximum atomic E-state index is 11.5. The minimum absolute atomic E-state index is 0.162. The predicted octanol–water partition coefficient (Wildman–Crippen LogP) is 2.83. The second-order valence-electron chi connectivity index (χ2n) is 2.94. The van der Waals surface area contributed by atoms with Crippen molar-refractivity contribution >= 4 is 27.7 Å². The smallest absolute Gasteiger partial charge is 0.338 e. The molecule has 0 unspecified atom stereocenters. The number of Topliss-reactive ketones (excluding diaryl/α,β-unsaturated/α-hetero) is 1. The number of ketones is 1. The summed E-state index contributed by atoms with van der Waals surface area (Å²) in [5.74, 6) is -0.630. The van der Waals surface area contributed by atoms with Gasteiger partial charge in [0, 0.05) is 10.0 Å². The van der Waals surface area contributed by atoms with E-state index in [1.165, 1.54) is 6.92 Å². The lowest BCUT2D eigenvalue weighted by atomic mass is 10.0. The second kappa shape index (κ2) is 5.07. The Morgan fingerprint density at radius 2 is 2.07 bits per heavy atom. The van der Waals surface area contributed by atoms with E-state index in [1.807, 2.05) is 0 Å². The number of carbonyl (C=O) groups excluding carboxylic acids is 2. The molecule has 0 N–H and O–H groups in total. The van der Waals surface area contributed by atoms with Gasteiger partial charge in [-0.05, 0) is 26.0 Å². The number of halogens is 1. The Kier molecular flexibility index (Phi) is 4.03. The zero-order chi connectivity index (χ0) is 11.4. The number of benzene rings is 1. The van der Waals surface area contributed by atoms with Gasteiger partial charge >= 0.3 is 5.97 Å². The molecule has 0 saturated carbocycles. The van der Waals surface area contributed by atoms with Crippen LogP contribution in [0.5, 0.6) is 0 Å².